The van der Waals surface area contributed by atoms with Gasteiger partial charge in [0.2, 0.25) is 0 Å². The molecule has 2 atom stereocenters. The molecule has 0 radical (unpaired) electrons. The minimum absolute atomic E-state index is 0.000764. The third-order valence-corrected chi connectivity index (χ3v) is 4.68. The first-order chi connectivity index (χ1) is 8.80. The van der Waals surface area contributed by atoms with Gasteiger partial charge in [0.05, 0.1) is 12.2 Å². The maximum Gasteiger partial charge on any atom is 0.403 e. The average Bonchev–Trinajstić information content (AvgIpc) is 2.43. The third-order valence-electron chi connectivity index (χ3n) is 4.68. The summed E-state index contributed by atoms with van der Waals surface area (Å²) in [6.07, 6.45) is -6.14. The zero-order chi connectivity index (χ0) is 16.1. The number of aliphatic carboxylic acids is 2. The molecule has 114 valence electrons. The maximum atomic E-state index is 13.4. The number of alkyl halides is 3. The molecule has 0 bridgehead atoms. The van der Waals surface area contributed by atoms with E-state index in [1.54, 1.807) is 0 Å². The molecule has 1 aliphatic carbocycles. The smallest absolute Gasteiger partial charge is 0.403 e. The van der Waals surface area contributed by atoms with E-state index < -0.39 is 46.4 Å². The van der Waals surface area contributed by atoms with Gasteiger partial charge < -0.3 is 24.9 Å². The molecule has 1 saturated carbocycles. The summed E-state index contributed by atoms with van der Waals surface area (Å²) in [4.78, 5) is 22.5. The zero-order valence-electron chi connectivity index (χ0n) is 11.0. The highest BCUT2D eigenvalue weighted by Crippen LogP contribution is 2.69. The Bertz CT molecular complexity index is 494. The van der Waals surface area contributed by atoms with Crippen LogP contribution in [0.5, 0.6) is 0 Å². The summed E-state index contributed by atoms with van der Waals surface area (Å²) in [5, 5.41) is 31.5. The Labute approximate surface area is 112 Å². The number of aliphatic hydroxyl groups is 1. The first kappa shape index (κ1) is 16.3. The van der Waals surface area contributed by atoms with Gasteiger partial charge in [0.25, 0.3) is 0 Å². The second-order valence-corrected chi connectivity index (χ2v) is 5.61. The van der Waals surface area contributed by atoms with Crippen molar-refractivity contribution in [3.05, 3.63) is 11.8 Å². The van der Waals surface area contributed by atoms with E-state index in [4.69, 9.17) is 5.11 Å². The number of carbonyl (C=O) groups excluding carboxylic acids is 2. The van der Waals surface area contributed by atoms with E-state index in [-0.39, 0.29) is 6.26 Å². The fourth-order valence-corrected chi connectivity index (χ4v) is 3.06. The van der Waals surface area contributed by atoms with Crippen molar-refractivity contribution >= 4 is 11.9 Å². The summed E-state index contributed by atoms with van der Waals surface area (Å²) in [6, 6.07) is 0. The molecule has 8 heteroatoms. The minimum Gasteiger partial charge on any atom is -0.550 e. The SMILES string of the molecule is CC1(C(=O)[O-])C/C(=C/O)C(C(=O)[O-])(C(F)(F)F)C1(C)C. The average molecular weight is 294 g/mol. The molecule has 0 aromatic carbocycles. The van der Waals surface area contributed by atoms with Crippen LogP contribution in [-0.4, -0.2) is 23.2 Å². The molecular formula is C12H13F3O5-2. The molecule has 2 unspecified atom stereocenters. The maximum absolute atomic E-state index is 13.4. The van der Waals surface area contributed by atoms with Gasteiger partial charge in [-0.3, -0.25) is 0 Å². The number of hydrogen-bond donors (Lipinski definition) is 1. The highest BCUT2D eigenvalue weighted by molar-refractivity contribution is 5.85. The van der Waals surface area contributed by atoms with Crippen LogP contribution >= 0.6 is 0 Å². The first-order valence-electron chi connectivity index (χ1n) is 5.64. The van der Waals surface area contributed by atoms with Crippen molar-refractivity contribution in [2.45, 2.75) is 33.4 Å². The van der Waals surface area contributed by atoms with Crippen molar-refractivity contribution in [2.24, 2.45) is 16.2 Å². The Hall–Kier alpha value is -1.73. The predicted molar refractivity (Wildman–Crippen MR) is 55.7 cm³/mol. The zero-order valence-corrected chi connectivity index (χ0v) is 11.0. The molecular weight excluding hydrogens is 281 g/mol. The lowest BCUT2D eigenvalue weighted by Crippen LogP contribution is -2.62. The summed E-state index contributed by atoms with van der Waals surface area (Å²) >= 11 is 0. The molecule has 0 aromatic rings. The fraction of sp³-hybridized carbons (Fsp3) is 0.667. The van der Waals surface area contributed by atoms with Crippen molar-refractivity contribution in [3.8, 4) is 0 Å². The summed E-state index contributed by atoms with van der Waals surface area (Å²) in [6.45, 7) is 2.69. The van der Waals surface area contributed by atoms with E-state index in [2.05, 4.69) is 0 Å². The largest absolute Gasteiger partial charge is 0.550 e. The molecule has 1 N–H and O–H groups in total. The third kappa shape index (κ3) is 1.50. The summed E-state index contributed by atoms with van der Waals surface area (Å²) in [5.41, 5.74) is -8.99. The molecule has 0 spiro atoms. The molecule has 1 rings (SSSR count). The van der Waals surface area contributed by atoms with Crippen LogP contribution < -0.4 is 10.2 Å². The summed E-state index contributed by atoms with van der Waals surface area (Å²) in [7, 11) is 0. The number of carbonyl (C=O) groups is 2. The van der Waals surface area contributed by atoms with Crippen molar-refractivity contribution < 1.29 is 38.1 Å². The Morgan fingerprint density at radius 1 is 1.20 bits per heavy atom. The van der Waals surface area contributed by atoms with Crippen molar-refractivity contribution in [3.63, 3.8) is 0 Å². The monoisotopic (exact) mass is 294 g/mol. The Kier molecular flexibility index (Phi) is 3.37. The van der Waals surface area contributed by atoms with Crippen LogP contribution in [0.1, 0.15) is 27.2 Å². The lowest BCUT2D eigenvalue weighted by molar-refractivity contribution is -0.354. The minimum atomic E-state index is -5.34. The van der Waals surface area contributed by atoms with Gasteiger partial charge in [0, 0.05) is 11.4 Å². The first-order valence-corrected chi connectivity index (χ1v) is 5.64. The van der Waals surface area contributed by atoms with Crippen molar-refractivity contribution in [1.29, 1.82) is 0 Å². The number of aliphatic hydroxyl groups excluding tert-OH is 1. The van der Waals surface area contributed by atoms with Gasteiger partial charge in [-0.25, -0.2) is 0 Å². The van der Waals surface area contributed by atoms with Crippen LogP contribution in [0.2, 0.25) is 0 Å². The van der Waals surface area contributed by atoms with Crippen molar-refractivity contribution in [1.82, 2.24) is 0 Å². The van der Waals surface area contributed by atoms with Gasteiger partial charge in [0.15, 0.2) is 0 Å². The molecule has 0 heterocycles. The number of carboxylic acid groups (broad SMARTS) is 2. The molecule has 20 heavy (non-hydrogen) atoms. The van der Waals surface area contributed by atoms with Crippen molar-refractivity contribution in [2.75, 3.05) is 0 Å². The van der Waals surface area contributed by atoms with Gasteiger partial charge in [-0.05, 0) is 17.4 Å². The van der Waals surface area contributed by atoms with E-state index in [9.17, 15) is 33.0 Å². The van der Waals surface area contributed by atoms with Gasteiger partial charge >= 0.3 is 6.18 Å². The number of hydrogen-bond acceptors (Lipinski definition) is 5. The second-order valence-electron chi connectivity index (χ2n) is 5.61. The van der Waals surface area contributed by atoms with Crippen LogP contribution in [0.15, 0.2) is 11.8 Å². The molecule has 0 amide bonds. The Balaban J connectivity index is 3.83. The van der Waals surface area contributed by atoms with Gasteiger partial charge in [0.1, 0.15) is 5.41 Å². The summed E-state index contributed by atoms with van der Waals surface area (Å²) < 4.78 is 40.3. The van der Waals surface area contributed by atoms with E-state index in [0.717, 1.165) is 20.8 Å². The highest BCUT2D eigenvalue weighted by Gasteiger charge is 2.75. The Morgan fingerprint density at radius 2 is 1.65 bits per heavy atom. The van der Waals surface area contributed by atoms with E-state index in [1.165, 1.54) is 0 Å². The lowest BCUT2D eigenvalue weighted by atomic mass is 9.58. The standard InChI is InChI=1S/C12H15F3O5/c1-9(2)10(3,7(17)18)4-6(5-16)11(9,8(19)20)12(13,14)15/h5,16H,4H2,1-3H3,(H,17,18)(H,19,20)/p-2/b6-5-. The van der Waals surface area contributed by atoms with E-state index in [1.807, 2.05) is 0 Å². The summed E-state index contributed by atoms with van der Waals surface area (Å²) in [5.74, 6) is -4.32. The lowest BCUT2D eigenvalue weighted by Gasteiger charge is -2.50. The van der Waals surface area contributed by atoms with Crippen LogP contribution in [0.3, 0.4) is 0 Å². The van der Waals surface area contributed by atoms with E-state index in [0.29, 0.717) is 0 Å². The quantitative estimate of drug-likeness (QED) is 0.717. The normalized spacial score (nSPS) is 35.2. The number of halogens is 3. The Morgan fingerprint density at radius 3 is 1.85 bits per heavy atom. The number of rotatable bonds is 2. The molecule has 0 aromatic heterocycles. The highest BCUT2D eigenvalue weighted by atomic mass is 19.4. The van der Waals surface area contributed by atoms with Crippen LogP contribution in [-0.2, 0) is 9.59 Å². The fourth-order valence-electron chi connectivity index (χ4n) is 3.06. The topological polar surface area (TPSA) is 100 Å². The molecule has 1 aliphatic rings. The molecule has 0 aliphatic heterocycles. The van der Waals surface area contributed by atoms with E-state index >= 15 is 0 Å². The van der Waals surface area contributed by atoms with Gasteiger partial charge in [-0.15, -0.1) is 0 Å². The van der Waals surface area contributed by atoms with Crippen LogP contribution in [0.4, 0.5) is 13.2 Å². The molecule has 1 fully saturated rings. The van der Waals surface area contributed by atoms with Gasteiger partial charge in [-0.1, -0.05) is 20.8 Å². The molecule has 5 nitrogen and oxygen atoms in total. The van der Waals surface area contributed by atoms with Gasteiger partial charge in [-0.2, -0.15) is 13.2 Å². The molecule has 0 saturated heterocycles. The van der Waals surface area contributed by atoms with Crippen LogP contribution in [0.25, 0.3) is 0 Å². The number of carboxylic acids is 2. The van der Waals surface area contributed by atoms with Crippen LogP contribution in [0, 0.1) is 16.2 Å². The second kappa shape index (κ2) is 4.13. The predicted octanol–water partition coefficient (Wildman–Crippen LogP) is -0.0870.